The molecule has 7 nitrogen and oxygen atoms in total. The second kappa shape index (κ2) is 6.68. The SMILES string of the molecule is COc1ccc(C2C3CN(C)CC=C3C(C#N)=C(N)C2(C#N)C#N)cc1O. The van der Waals surface area contributed by atoms with Gasteiger partial charge in [-0.15, -0.1) is 0 Å². The number of methoxy groups -OCH3 is 1. The normalized spacial score (nSPS) is 24.0. The Bertz CT molecular complexity index is 960. The Morgan fingerprint density at radius 1 is 1.30 bits per heavy atom. The molecule has 2 aliphatic rings. The van der Waals surface area contributed by atoms with Crippen molar-refractivity contribution in [1.29, 1.82) is 15.8 Å². The van der Waals surface area contributed by atoms with Crippen molar-refractivity contribution in [2.75, 3.05) is 27.2 Å². The van der Waals surface area contributed by atoms with Crippen molar-refractivity contribution >= 4 is 0 Å². The number of likely N-dealkylation sites (N-methyl/N-ethyl adjacent to an activating group) is 1. The Morgan fingerprint density at radius 3 is 2.56 bits per heavy atom. The average molecular weight is 361 g/mol. The van der Waals surface area contributed by atoms with E-state index in [0.29, 0.717) is 24.4 Å². The minimum atomic E-state index is -1.70. The van der Waals surface area contributed by atoms with Gasteiger partial charge in [-0.1, -0.05) is 12.1 Å². The van der Waals surface area contributed by atoms with Gasteiger partial charge in [0.05, 0.1) is 30.5 Å². The molecular formula is C20H19N5O2. The van der Waals surface area contributed by atoms with Gasteiger partial charge in [0, 0.05) is 24.9 Å². The molecular weight excluding hydrogens is 342 g/mol. The Morgan fingerprint density at radius 2 is 2.00 bits per heavy atom. The first-order valence-corrected chi connectivity index (χ1v) is 8.42. The summed E-state index contributed by atoms with van der Waals surface area (Å²) in [7, 11) is 3.38. The lowest BCUT2D eigenvalue weighted by Gasteiger charge is -2.45. The number of ether oxygens (including phenoxy) is 1. The van der Waals surface area contributed by atoms with Crippen LogP contribution in [0, 0.1) is 45.3 Å². The van der Waals surface area contributed by atoms with Gasteiger partial charge in [-0.2, -0.15) is 15.8 Å². The summed E-state index contributed by atoms with van der Waals surface area (Å²) in [4.78, 5) is 2.06. The van der Waals surface area contributed by atoms with Gasteiger partial charge in [0.15, 0.2) is 16.9 Å². The fraction of sp³-hybridized carbons (Fsp3) is 0.350. The van der Waals surface area contributed by atoms with E-state index in [0.717, 1.165) is 5.57 Å². The van der Waals surface area contributed by atoms with Crippen molar-refractivity contribution in [2.45, 2.75) is 5.92 Å². The molecule has 3 N–H and O–H groups in total. The lowest BCUT2D eigenvalue weighted by molar-refractivity contribution is 0.237. The van der Waals surface area contributed by atoms with E-state index in [1.54, 1.807) is 12.1 Å². The number of rotatable bonds is 2. The van der Waals surface area contributed by atoms with Gasteiger partial charge in [0.2, 0.25) is 0 Å². The van der Waals surface area contributed by atoms with Gasteiger partial charge in [-0.3, -0.25) is 0 Å². The summed E-state index contributed by atoms with van der Waals surface area (Å²) < 4.78 is 5.09. The number of nitrogens with two attached hydrogens (primary N) is 1. The van der Waals surface area contributed by atoms with Crippen LogP contribution in [0.15, 0.2) is 41.1 Å². The summed E-state index contributed by atoms with van der Waals surface area (Å²) in [5.41, 5.74) is 6.07. The van der Waals surface area contributed by atoms with Crippen LogP contribution in [-0.4, -0.2) is 37.3 Å². The smallest absolute Gasteiger partial charge is 0.191 e. The van der Waals surface area contributed by atoms with Gasteiger partial charge in [-0.25, -0.2) is 0 Å². The predicted octanol–water partition coefficient (Wildman–Crippen LogP) is 1.76. The van der Waals surface area contributed by atoms with Crippen LogP contribution in [0.2, 0.25) is 0 Å². The Hall–Kier alpha value is -3.47. The second-order valence-corrected chi connectivity index (χ2v) is 6.83. The molecule has 27 heavy (non-hydrogen) atoms. The van der Waals surface area contributed by atoms with Crippen LogP contribution in [0.5, 0.6) is 11.5 Å². The van der Waals surface area contributed by atoms with Gasteiger partial charge >= 0.3 is 0 Å². The highest BCUT2D eigenvalue weighted by molar-refractivity contribution is 5.60. The maximum absolute atomic E-state index is 10.2. The average Bonchev–Trinajstić information content (AvgIpc) is 2.67. The number of phenolic OH excluding ortho intramolecular Hbond substituents is 1. The number of nitriles is 3. The van der Waals surface area contributed by atoms with E-state index < -0.39 is 11.3 Å². The Kier molecular flexibility index (Phi) is 4.54. The van der Waals surface area contributed by atoms with Crippen molar-refractivity contribution in [2.24, 2.45) is 17.1 Å². The largest absolute Gasteiger partial charge is 0.504 e. The molecule has 0 amide bonds. The monoisotopic (exact) mass is 361 g/mol. The fourth-order valence-electron chi connectivity index (χ4n) is 4.10. The van der Waals surface area contributed by atoms with Crippen molar-refractivity contribution in [3.8, 4) is 29.7 Å². The van der Waals surface area contributed by atoms with Crippen LogP contribution >= 0.6 is 0 Å². The van der Waals surface area contributed by atoms with Crippen molar-refractivity contribution in [1.82, 2.24) is 4.90 Å². The first kappa shape index (κ1) is 18.3. The summed E-state index contributed by atoms with van der Waals surface area (Å²) in [6.45, 7) is 1.21. The molecule has 0 saturated carbocycles. The molecule has 0 fully saturated rings. The zero-order chi connectivity index (χ0) is 19.8. The number of hydrogen-bond acceptors (Lipinski definition) is 7. The first-order valence-electron chi connectivity index (χ1n) is 8.42. The van der Waals surface area contributed by atoms with Crippen LogP contribution in [0.3, 0.4) is 0 Å². The first-order chi connectivity index (χ1) is 12.9. The quantitative estimate of drug-likeness (QED) is 0.820. The third-order valence-electron chi connectivity index (χ3n) is 5.41. The molecule has 0 saturated heterocycles. The van der Waals surface area contributed by atoms with E-state index in [4.69, 9.17) is 10.5 Å². The molecule has 0 spiro atoms. The van der Waals surface area contributed by atoms with E-state index in [-0.39, 0.29) is 22.9 Å². The van der Waals surface area contributed by atoms with Crippen LogP contribution in [0.4, 0.5) is 0 Å². The van der Waals surface area contributed by atoms with E-state index in [1.165, 1.54) is 13.2 Å². The molecule has 1 aliphatic heterocycles. The topological polar surface area (TPSA) is 130 Å². The summed E-state index contributed by atoms with van der Waals surface area (Å²) in [6, 6.07) is 11.1. The van der Waals surface area contributed by atoms with E-state index in [2.05, 4.69) is 23.1 Å². The molecule has 7 heteroatoms. The molecule has 0 aromatic heterocycles. The molecule has 2 atom stereocenters. The molecule has 1 heterocycles. The third kappa shape index (κ3) is 2.59. The van der Waals surface area contributed by atoms with Crippen LogP contribution < -0.4 is 10.5 Å². The molecule has 0 bridgehead atoms. The number of nitrogens with zero attached hydrogens (tertiary/aromatic N) is 4. The van der Waals surface area contributed by atoms with Crippen molar-refractivity contribution in [3.63, 3.8) is 0 Å². The molecule has 3 rings (SSSR count). The third-order valence-corrected chi connectivity index (χ3v) is 5.41. The number of aromatic hydroxyl groups is 1. The fourth-order valence-corrected chi connectivity index (χ4v) is 4.10. The standard InChI is InChI=1S/C20H19N5O2/c1-25-6-5-13-14(8-21)19(24)20(10-22,11-23)18(15(13)9-25)12-3-4-17(27-2)16(26)7-12/h3-5,7,15,18,26H,6,9,24H2,1-2H3. The highest BCUT2D eigenvalue weighted by Gasteiger charge is 2.54. The summed E-state index contributed by atoms with van der Waals surface area (Å²) in [5, 5.41) is 39.8. The van der Waals surface area contributed by atoms with Crippen LogP contribution in [0.1, 0.15) is 11.5 Å². The summed E-state index contributed by atoms with van der Waals surface area (Å²) >= 11 is 0. The molecule has 1 aromatic carbocycles. The van der Waals surface area contributed by atoms with E-state index in [1.807, 2.05) is 13.1 Å². The number of allylic oxidation sites excluding steroid dienone is 2. The number of fused-ring (bicyclic) bond motifs is 1. The van der Waals surface area contributed by atoms with Gasteiger partial charge in [-0.05, 0) is 30.3 Å². The van der Waals surface area contributed by atoms with Crippen LogP contribution in [0.25, 0.3) is 0 Å². The zero-order valence-corrected chi connectivity index (χ0v) is 15.1. The highest BCUT2D eigenvalue weighted by atomic mass is 16.5. The maximum Gasteiger partial charge on any atom is 0.191 e. The maximum atomic E-state index is 10.2. The minimum absolute atomic E-state index is 0.0256. The lowest BCUT2D eigenvalue weighted by Crippen LogP contribution is -2.47. The number of benzene rings is 1. The van der Waals surface area contributed by atoms with Crippen molar-refractivity contribution in [3.05, 3.63) is 46.7 Å². The zero-order valence-electron chi connectivity index (χ0n) is 15.1. The Balaban J connectivity index is 2.31. The lowest BCUT2D eigenvalue weighted by atomic mass is 9.58. The predicted molar refractivity (Wildman–Crippen MR) is 97.0 cm³/mol. The summed E-state index contributed by atoms with van der Waals surface area (Å²) in [5.74, 6) is -0.692. The highest BCUT2D eigenvalue weighted by Crippen LogP contribution is 2.54. The number of hydrogen-bond donors (Lipinski definition) is 2. The molecule has 0 radical (unpaired) electrons. The number of phenols is 1. The van der Waals surface area contributed by atoms with E-state index >= 15 is 0 Å². The van der Waals surface area contributed by atoms with Gasteiger partial charge in [0.25, 0.3) is 0 Å². The molecule has 136 valence electrons. The van der Waals surface area contributed by atoms with Crippen molar-refractivity contribution < 1.29 is 9.84 Å². The summed E-state index contributed by atoms with van der Waals surface area (Å²) in [6.07, 6.45) is 1.93. The van der Waals surface area contributed by atoms with Gasteiger partial charge in [0.1, 0.15) is 6.07 Å². The minimum Gasteiger partial charge on any atom is -0.504 e. The van der Waals surface area contributed by atoms with Crippen LogP contribution in [-0.2, 0) is 0 Å². The Labute approximate surface area is 157 Å². The van der Waals surface area contributed by atoms with E-state index in [9.17, 15) is 20.9 Å². The van der Waals surface area contributed by atoms with Gasteiger partial charge < -0.3 is 20.5 Å². The second-order valence-electron chi connectivity index (χ2n) is 6.83. The molecule has 2 unspecified atom stereocenters. The molecule has 1 aliphatic carbocycles. The molecule has 1 aromatic rings.